The second kappa shape index (κ2) is 41.4. The van der Waals surface area contributed by atoms with E-state index < -0.39 is 0 Å². The number of allylic oxidation sites excluding steroid dienone is 4. The summed E-state index contributed by atoms with van der Waals surface area (Å²) in [7, 11) is 4.14. The molecule has 0 aromatic heterocycles. The Bertz CT molecular complexity index is 734. The van der Waals surface area contributed by atoms with Crippen molar-refractivity contribution in [3.63, 3.8) is 0 Å². The number of rotatable bonds is 36. The quantitative estimate of drug-likeness (QED) is 0.0490. The highest BCUT2D eigenvalue weighted by atomic mass is 16.2. The predicted molar refractivity (Wildman–Crippen MR) is 211 cm³/mol. The first-order valence-electron chi connectivity index (χ1n) is 20.5. The van der Waals surface area contributed by atoms with E-state index in [9.17, 15) is 9.59 Å². The van der Waals surface area contributed by atoms with Crippen LogP contribution < -0.4 is 0 Å². The SMILES string of the molecule is C=O.CCCCCCCC/C=C\CCCCCCCCN(CCCCCC(=O)CC/C=C/CCCCCCCC)C(=O)CCCN(C)C. The van der Waals surface area contributed by atoms with E-state index in [1.54, 1.807) is 0 Å². The Labute approximate surface area is 300 Å². The van der Waals surface area contributed by atoms with E-state index in [-0.39, 0.29) is 0 Å². The number of carbonyl (C=O) groups is 3. The molecular formula is C43H82N2O3. The molecule has 0 rings (SSSR count). The van der Waals surface area contributed by atoms with Gasteiger partial charge < -0.3 is 14.6 Å². The largest absolute Gasteiger partial charge is 0.343 e. The summed E-state index contributed by atoms with van der Waals surface area (Å²) >= 11 is 0. The average Bonchev–Trinajstić information content (AvgIpc) is 3.08. The molecule has 0 aliphatic heterocycles. The van der Waals surface area contributed by atoms with Gasteiger partial charge in [-0.2, -0.15) is 0 Å². The predicted octanol–water partition coefficient (Wildman–Crippen LogP) is 12.2. The molecule has 0 bridgehead atoms. The van der Waals surface area contributed by atoms with Crippen molar-refractivity contribution in [3.05, 3.63) is 24.3 Å². The summed E-state index contributed by atoms with van der Waals surface area (Å²) in [6.45, 7) is 9.25. The van der Waals surface area contributed by atoms with E-state index in [4.69, 9.17) is 4.79 Å². The van der Waals surface area contributed by atoms with Crippen molar-refractivity contribution >= 4 is 18.5 Å². The topological polar surface area (TPSA) is 57.7 Å². The summed E-state index contributed by atoms with van der Waals surface area (Å²) in [5.74, 6) is 0.712. The fraction of sp³-hybridized carbons (Fsp3) is 0.837. The lowest BCUT2D eigenvalue weighted by molar-refractivity contribution is -0.131. The molecule has 0 spiro atoms. The summed E-state index contributed by atoms with van der Waals surface area (Å²) in [5, 5.41) is 0. The van der Waals surface area contributed by atoms with E-state index in [1.165, 1.54) is 122 Å². The molecule has 5 nitrogen and oxygen atoms in total. The van der Waals surface area contributed by atoms with E-state index in [0.717, 1.165) is 64.6 Å². The second-order valence-electron chi connectivity index (χ2n) is 14.1. The zero-order chi connectivity index (χ0) is 35.8. The van der Waals surface area contributed by atoms with Gasteiger partial charge in [-0.15, -0.1) is 0 Å². The minimum absolute atomic E-state index is 0.318. The van der Waals surface area contributed by atoms with Crippen molar-refractivity contribution in [2.45, 2.75) is 200 Å². The summed E-state index contributed by atoms with van der Waals surface area (Å²) in [6.07, 6.45) is 43.6. The number of carbonyl (C=O) groups excluding carboxylic acids is 3. The molecule has 48 heavy (non-hydrogen) atoms. The highest BCUT2D eigenvalue weighted by molar-refractivity contribution is 5.78. The third-order valence-electron chi connectivity index (χ3n) is 9.15. The number of hydrogen-bond acceptors (Lipinski definition) is 4. The smallest absolute Gasteiger partial charge is 0.222 e. The maximum atomic E-state index is 13.0. The van der Waals surface area contributed by atoms with Gasteiger partial charge in [0.1, 0.15) is 12.6 Å². The van der Waals surface area contributed by atoms with E-state index >= 15 is 0 Å². The molecule has 0 unspecified atom stereocenters. The van der Waals surface area contributed by atoms with E-state index in [0.29, 0.717) is 31.0 Å². The molecule has 282 valence electrons. The number of unbranched alkanes of at least 4 members (excludes halogenated alkanes) is 20. The zero-order valence-corrected chi connectivity index (χ0v) is 32.8. The molecule has 0 fully saturated rings. The van der Waals surface area contributed by atoms with Gasteiger partial charge in [0.05, 0.1) is 0 Å². The lowest BCUT2D eigenvalue weighted by Crippen LogP contribution is -2.33. The van der Waals surface area contributed by atoms with Crippen LogP contribution in [0.3, 0.4) is 0 Å². The Morgan fingerprint density at radius 3 is 1.29 bits per heavy atom. The summed E-state index contributed by atoms with van der Waals surface area (Å²) in [4.78, 5) is 37.6. The Kier molecular flexibility index (Phi) is 41.7. The third kappa shape index (κ3) is 38.7. The van der Waals surface area contributed by atoms with Gasteiger partial charge in [-0.05, 0) is 91.3 Å². The molecule has 0 radical (unpaired) electrons. The molecule has 0 aromatic carbocycles. The number of nitrogens with zero attached hydrogens (tertiary/aromatic N) is 2. The number of ketones is 1. The first-order valence-corrected chi connectivity index (χ1v) is 20.5. The molecule has 0 heterocycles. The van der Waals surface area contributed by atoms with Crippen molar-refractivity contribution in [1.29, 1.82) is 0 Å². The fourth-order valence-electron chi connectivity index (χ4n) is 6.07. The Morgan fingerprint density at radius 2 is 0.833 bits per heavy atom. The highest BCUT2D eigenvalue weighted by Gasteiger charge is 2.13. The minimum atomic E-state index is 0.318. The van der Waals surface area contributed by atoms with Crippen LogP contribution in [0.2, 0.25) is 0 Å². The van der Waals surface area contributed by atoms with Crippen molar-refractivity contribution in [2.24, 2.45) is 0 Å². The third-order valence-corrected chi connectivity index (χ3v) is 9.15. The van der Waals surface area contributed by atoms with Gasteiger partial charge >= 0.3 is 0 Å². The number of hydrogen-bond donors (Lipinski definition) is 0. The van der Waals surface area contributed by atoms with Crippen molar-refractivity contribution in [3.8, 4) is 0 Å². The van der Waals surface area contributed by atoms with Crippen LogP contribution in [0.25, 0.3) is 0 Å². The van der Waals surface area contributed by atoms with Gasteiger partial charge in [0, 0.05) is 32.4 Å². The van der Waals surface area contributed by atoms with Gasteiger partial charge in [0.25, 0.3) is 0 Å². The van der Waals surface area contributed by atoms with Gasteiger partial charge in [-0.3, -0.25) is 9.59 Å². The molecule has 0 N–H and O–H groups in total. The molecular weight excluding hydrogens is 592 g/mol. The van der Waals surface area contributed by atoms with E-state index in [1.807, 2.05) is 6.79 Å². The highest BCUT2D eigenvalue weighted by Crippen LogP contribution is 2.13. The maximum absolute atomic E-state index is 13.0. The molecule has 0 aromatic rings. The summed E-state index contributed by atoms with van der Waals surface area (Å²) < 4.78 is 0. The number of Topliss-reactive ketones (excluding diaryl/α,β-unsaturated/α-hetero) is 1. The van der Waals surface area contributed by atoms with Crippen LogP contribution in [0, 0.1) is 0 Å². The fourth-order valence-corrected chi connectivity index (χ4v) is 6.07. The minimum Gasteiger partial charge on any atom is -0.343 e. The molecule has 0 aliphatic rings. The van der Waals surface area contributed by atoms with Gasteiger partial charge in [0.2, 0.25) is 5.91 Å². The summed E-state index contributed by atoms with van der Waals surface area (Å²) in [5.41, 5.74) is 0. The van der Waals surface area contributed by atoms with Gasteiger partial charge in [0.15, 0.2) is 0 Å². The average molecular weight is 675 g/mol. The normalized spacial score (nSPS) is 11.4. The lowest BCUT2D eigenvalue weighted by atomic mass is 10.1. The van der Waals surface area contributed by atoms with Gasteiger partial charge in [-0.25, -0.2) is 0 Å². The van der Waals surface area contributed by atoms with Crippen molar-refractivity contribution < 1.29 is 14.4 Å². The van der Waals surface area contributed by atoms with Crippen LogP contribution in [0.5, 0.6) is 0 Å². The lowest BCUT2D eigenvalue weighted by Gasteiger charge is -2.23. The Hall–Kier alpha value is -1.75. The molecule has 5 heteroatoms. The van der Waals surface area contributed by atoms with Crippen LogP contribution in [0.4, 0.5) is 0 Å². The Balaban J connectivity index is 0. The van der Waals surface area contributed by atoms with Crippen LogP contribution >= 0.6 is 0 Å². The molecule has 0 saturated carbocycles. The van der Waals surface area contributed by atoms with E-state index in [2.05, 4.69) is 62.0 Å². The first kappa shape index (κ1) is 48.4. The molecule has 1 amide bonds. The first-order chi connectivity index (χ1) is 23.5. The van der Waals surface area contributed by atoms with Crippen LogP contribution in [-0.4, -0.2) is 62.0 Å². The second-order valence-corrected chi connectivity index (χ2v) is 14.1. The van der Waals surface area contributed by atoms with Crippen LogP contribution in [0.15, 0.2) is 24.3 Å². The monoisotopic (exact) mass is 675 g/mol. The maximum Gasteiger partial charge on any atom is 0.222 e. The van der Waals surface area contributed by atoms with Crippen LogP contribution in [-0.2, 0) is 14.4 Å². The summed E-state index contributed by atoms with van der Waals surface area (Å²) in [6, 6.07) is 0. The Morgan fingerprint density at radius 1 is 0.438 bits per heavy atom. The zero-order valence-electron chi connectivity index (χ0n) is 32.8. The van der Waals surface area contributed by atoms with Crippen LogP contribution in [0.1, 0.15) is 200 Å². The van der Waals surface area contributed by atoms with Crippen molar-refractivity contribution in [2.75, 3.05) is 33.7 Å². The number of amides is 1. The van der Waals surface area contributed by atoms with Crippen molar-refractivity contribution in [1.82, 2.24) is 9.80 Å². The molecule has 0 aliphatic carbocycles. The standard InChI is InChI=1S/C42H80N2O2.CH2O/c1-5-7-9-11-13-15-17-18-19-20-21-22-24-26-28-32-39-44(42(46)37-34-38-43(3)4)40-33-29-31-36-41(45)35-30-27-25-23-16-14-12-10-8-6-2;1-2/h18-19,25,27H,5-17,20-24,26,28-40H2,1-4H3;1H2/b19-18-,27-25+;. The molecule has 0 atom stereocenters. The molecule has 0 saturated heterocycles. The van der Waals surface area contributed by atoms with Gasteiger partial charge in [-0.1, -0.05) is 134 Å².